The molecule has 10 rings (SSSR count). The SMILES string of the molecule is c1ccc(-c2ccc3c(c2)oc2c4ccccc4c(-c4ccc(N(c5ccccc5)c5cccc6oc7ccccc7c56)cc4)cc32)cc1. The molecule has 8 aromatic carbocycles. The molecule has 10 aromatic rings. The normalized spacial score (nSPS) is 11.7. The van der Waals surface area contributed by atoms with Gasteiger partial charge >= 0.3 is 0 Å². The van der Waals surface area contributed by atoms with E-state index in [1.54, 1.807) is 0 Å². The summed E-state index contributed by atoms with van der Waals surface area (Å²) in [5, 5.41) is 6.73. The molecule has 0 aliphatic heterocycles. The van der Waals surface area contributed by atoms with Crippen molar-refractivity contribution in [3.05, 3.63) is 176 Å². The number of furan rings is 2. The Labute approximate surface area is 282 Å². The lowest BCUT2D eigenvalue weighted by Gasteiger charge is -2.26. The molecule has 230 valence electrons. The number of rotatable bonds is 5. The maximum absolute atomic E-state index is 6.61. The summed E-state index contributed by atoms with van der Waals surface area (Å²) in [5.41, 5.74) is 11.5. The molecule has 0 radical (unpaired) electrons. The predicted molar refractivity (Wildman–Crippen MR) is 204 cm³/mol. The minimum atomic E-state index is 0.874. The molecule has 0 amide bonds. The van der Waals surface area contributed by atoms with Crippen molar-refractivity contribution in [1.29, 1.82) is 0 Å². The van der Waals surface area contributed by atoms with Crippen molar-refractivity contribution in [3.8, 4) is 22.3 Å². The third kappa shape index (κ3) is 4.44. The van der Waals surface area contributed by atoms with Crippen molar-refractivity contribution in [1.82, 2.24) is 0 Å². The Kier molecular flexibility index (Phi) is 6.18. The summed E-state index contributed by atoms with van der Waals surface area (Å²) in [6.45, 7) is 0. The summed E-state index contributed by atoms with van der Waals surface area (Å²) < 4.78 is 12.9. The fourth-order valence-corrected chi connectivity index (χ4v) is 7.38. The van der Waals surface area contributed by atoms with Crippen LogP contribution in [0.5, 0.6) is 0 Å². The molecular formula is C46H29NO2. The van der Waals surface area contributed by atoms with E-state index in [1.807, 2.05) is 18.2 Å². The predicted octanol–water partition coefficient (Wildman–Crippen LogP) is 13.4. The maximum atomic E-state index is 6.61. The summed E-state index contributed by atoms with van der Waals surface area (Å²) in [4.78, 5) is 2.32. The van der Waals surface area contributed by atoms with Gasteiger partial charge in [0, 0.05) is 32.9 Å². The van der Waals surface area contributed by atoms with Crippen LogP contribution in [0.2, 0.25) is 0 Å². The van der Waals surface area contributed by atoms with Crippen LogP contribution in [0.15, 0.2) is 185 Å². The van der Waals surface area contributed by atoms with E-state index in [1.165, 1.54) is 16.5 Å². The van der Waals surface area contributed by atoms with E-state index in [-0.39, 0.29) is 0 Å². The third-order valence-electron chi connectivity index (χ3n) is 9.66. The molecule has 0 saturated heterocycles. The molecule has 0 saturated carbocycles. The number of nitrogens with zero attached hydrogens (tertiary/aromatic N) is 1. The van der Waals surface area contributed by atoms with E-state index in [0.717, 1.165) is 77.5 Å². The van der Waals surface area contributed by atoms with E-state index in [4.69, 9.17) is 8.83 Å². The Balaban J connectivity index is 1.13. The molecule has 0 fully saturated rings. The van der Waals surface area contributed by atoms with Crippen LogP contribution < -0.4 is 4.90 Å². The number of benzene rings is 8. The number of fused-ring (bicyclic) bond motifs is 8. The second-order valence-corrected chi connectivity index (χ2v) is 12.5. The maximum Gasteiger partial charge on any atom is 0.143 e. The van der Waals surface area contributed by atoms with Gasteiger partial charge in [-0.2, -0.15) is 0 Å². The van der Waals surface area contributed by atoms with Crippen molar-refractivity contribution < 1.29 is 8.83 Å². The van der Waals surface area contributed by atoms with Gasteiger partial charge in [-0.15, -0.1) is 0 Å². The topological polar surface area (TPSA) is 29.5 Å². The van der Waals surface area contributed by atoms with Crippen LogP contribution in [0.3, 0.4) is 0 Å². The smallest absolute Gasteiger partial charge is 0.143 e. The first-order chi connectivity index (χ1) is 24.3. The van der Waals surface area contributed by atoms with E-state index in [0.29, 0.717) is 0 Å². The van der Waals surface area contributed by atoms with Crippen LogP contribution in [-0.2, 0) is 0 Å². The zero-order valence-electron chi connectivity index (χ0n) is 26.5. The van der Waals surface area contributed by atoms with Crippen LogP contribution in [0.25, 0.3) is 76.9 Å². The Bertz CT molecular complexity index is 2810. The average Bonchev–Trinajstić information content (AvgIpc) is 3.74. The first kappa shape index (κ1) is 27.5. The number of hydrogen-bond acceptors (Lipinski definition) is 3. The molecule has 0 aliphatic rings. The number of anilines is 3. The number of para-hydroxylation sites is 2. The van der Waals surface area contributed by atoms with Gasteiger partial charge in [0.15, 0.2) is 0 Å². The van der Waals surface area contributed by atoms with Crippen molar-refractivity contribution in [2.75, 3.05) is 4.90 Å². The Morgan fingerprint density at radius 3 is 1.82 bits per heavy atom. The lowest BCUT2D eigenvalue weighted by Crippen LogP contribution is -2.10. The average molecular weight is 628 g/mol. The third-order valence-corrected chi connectivity index (χ3v) is 9.66. The summed E-state index contributed by atoms with van der Waals surface area (Å²) in [5.74, 6) is 0. The molecule has 0 unspecified atom stereocenters. The van der Waals surface area contributed by atoms with Crippen LogP contribution in [0.1, 0.15) is 0 Å². The van der Waals surface area contributed by atoms with Gasteiger partial charge in [-0.3, -0.25) is 0 Å². The van der Waals surface area contributed by atoms with Crippen LogP contribution in [0.4, 0.5) is 17.1 Å². The monoisotopic (exact) mass is 627 g/mol. The van der Waals surface area contributed by atoms with Crippen LogP contribution in [0, 0.1) is 0 Å². The highest BCUT2D eigenvalue weighted by Gasteiger charge is 2.20. The van der Waals surface area contributed by atoms with Gasteiger partial charge in [0.1, 0.15) is 22.3 Å². The van der Waals surface area contributed by atoms with E-state index in [2.05, 4.69) is 163 Å². The minimum Gasteiger partial charge on any atom is -0.456 e. The summed E-state index contributed by atoms with van der Waals surface area (Å²) in [7, 11) is 0. The van der Waals surface area contributed by atoms with Gasteiger partial charge in [-0.25, -0.2) is 0 Å². The van der Waals surface area contributed by atoms with Gasteiger partial charge < -0.3 is 13.7 Å². The second-order valence-electron chi connectivity index (χ2n) is 12.5. The van der Waals surface area contributed by atoms with E-state index < -0.39 is 0 Å². The Morgan fingerprint density at radius 1 is 0.347 bits per heavy atom. The van der Waals surface area contributed by atoms with Crippen molar-refractivity contribution in [2.45, 2.75) is 0 Å². The summed E-state index contributed by atoms with van der Waals surface area (Å²) in [6.07, 6.45) is 0. The van der Waals surface area contributed by atoms with E-state index in [9.17, 15) is 0 Å². The zero-order chi connectivity index (χ0) is 32.3. The van der Waals surface area contributed by atoms with Crippen LogP contribution in [-0.4, -0.2) is 0 Å². The quantitative estimate of drug-likeness (QED) is 0.190. The molecule has 3 nitrogen and oxygen atoms in total. The highest BCUT2D eigenvalue weighted by atomic mass is 16.3. The van der Waals surface area contributed by atoms with Crippen LogP contribution >= 0.6 is 0 Å². The molecular weight excluding hydrogens is 599 g/mol. The molecule has 49 heavy (non-hydrogen) atoms. The Morgan fingerprint density at radius 2 is 1.00 bits per heavy atom. The van der Waals surface area contributed by atoms with Gasteiger partial charge in [0.25, 0.3) is 0 Å². The highest BCUT2D eigenvalue weighted by Crippen LogP contribution is 2.44. The Hall–Kier alpha value is -6.58. The first-order valence-electron chi connectivity index (χ1n) is 16.6. The number of hydrogen-bond donors (Lipinski definition) is 0. The fraction of sp³-hybridized carbons (Fsp3) is 0. The first-order valence-corrected chi connectivity index (χ1v) is 16.6. The lowest BCUT2D eigenvalue weighted by molar-refractivity contribution is 0.669. The van der Waals surface area contributed by atoms with Crippen molar-refractivity contribution in [2.24, 2.45) is 0 Å². The largest absolute Gasteiger partial charge is 0.456 e. The van der Waals surface area contributed by atoms with Crippen molar-refractivity contribution in [3.63, 3.8) is 0 Å². The summed E-state index contributed by atoms with van der Waals surface area (Å²) >= 11 is 0. The summed E-state index contributed by atoms with van der Waals surface area (Å²) in [6, 6.07) is 61.9. The molecule has 0 atom stereocenters. The van der Waals surface area contributed by atoms with Gasteiger partial charge in [-0.05, 0) is 88.3 Å². The van der Waals surface area contributed by atoms with Gasteiger partial charge in [0.2, 0.25) is 0 Å². The second kappa shape index (κ2) is 11.0. The molecule has 0 bridgehead atoms. The molecule has 0 aliphatic carbocycles. The zero-order valence-corrected chi connectivity index (χ0v) is 26.5. The molecule has 0 N–H and O–H groups in total. The molecule has 0 spiro atoms. The van der Waals surface area contributed by atoms with Gasteiger partial charge in [0.05, 0.1) is 11.1 Å². The van der Waals surface area contributed by atoms with E-state index >= 15 is 0 Å². The lowest BCUT2D eigenvalue weighted by atomic mass is 9.95. The van der Waals surface area contributed by atoms with Crippen molar-refractivity contribution >= 4 is 71.7 Å². The molecule has 2 aromatic heterocycles. The minimum absolute atomic E-state index is 0.874. The van der Waals surface area contributed by atoms with Gasteiger partial charge in [-0.1, -0.05) is 115 Å². The fourth-order valence-electron chi connectivity index (χ4n) is 7.38. The molecule has 2 heterocycles. The standard InChI is InChI=1S/C46H29NO2/c1-3-12-30(13-4-1)32-24-27-36-40-29-39(35-16-7-8-17-37(35)46(40)49-44(36)28-32)31-22-25-34(26-23-31)47(33-14-5-2-6-15-33)41-19-11-21-43-45(41)38-18-9-10-20-42(38)48-43/h1-29H. The molecule has 3 heteroatoms. The highest BCUT2D eigenvalue weighted by molar-refractivity contribution is 6.19.